The third kappa shape index (κ3) is 36.7. The lowest BCUT2D eigenvalue weighted by molar-refractivity contribution is -0.161. The van der Waals surface area contributed by atoms with Crippen LogP contribution in [-0.4, -0.2) is 41.0 Å². The van der Waals surface area contributed by atoms with Crippen molar-refractivity contribution < 1.29 is 37.9 Å². The highest BCUT2D eigenvalue weighted by Gasteiger charge is 2.22. The number of rotatable bonds is 33. The van der Waals surface area contributed by atoms with Crippen molar-refractivity contribution in [2.24, 2.45) is 0 Å². The van der Waals surface area contributed by atoms with Crippen LogP contribution in [0.25, 0.3) is 0 Å². The topological polar surface area (TPSA) is 119 Å². The van der Waals surface area contributed by atoms with E-state index in [0.717, 1.165) is 83.5 Å². The van der Waals surface area contributed by atoms with Crippen molar-refractivity contribution >= 4 is 19.8 Å². The Morgan fingerprint density at radius 1 is 0.553 bits per heavy atom. The first-order valence-electron chi connectivity index (χ1n) is 18.4. The Labute approximate surface area is 286 Å². The molecule has 0 saturated carbocycles. The molecule has 0 bridgehead atoms. The third-order valence-electron chi connectivity index (χ3n) is 7.57. The van der Waals surface area contributed by atoms with Gasteiger partial charge in [0.15, 0.2) is 6.10 Å². The molecule has 0 aliphatic heterocycles. The molecule has 0 heterocycles. The van der Waals surface area contributed by atoms with E-state index in [4.69, 9.17) is 19.3 Å². The van der Waals surface area contributed by atoms with Gasteiger partial charge in [0.1, 0.15) is 6.61 Å². The van der Waals surface area contributed by atoms with Crippen LogP contribution in [0, 0.1) is 0 Å². The zero-order chi connectivity index (χ0) is 34.7. The monoisotopic (exact) mass is 682 g/mol. The number of allylic oxidation sites excluding steroid dienone is 8. The van der Waals surface area contributed by atoms with Gasteiger partial charge in [-0.05, 0) is 70.6 Å². The van der Waals surface area contributed by atoms with Crippen LogP contribution in [0.4, 0.5) is 0 Å². The first kappa shape index (κ1) is 45.0. The highest BCUT2D eigenvalue weighted by molar-refractivity contribution is 7.46. The molecule has 0 aromatic carbocycles. The van der Waals surface area contributed by atoms with E-state index in [-0.39, 0.29) is 19.4 Å². The Bertz CT molecular complexity index is 905. The average molecular weight is 683 g/mol. The summed E-state index contributed by atoms with van der Waals surface area (Å²) in [4.78, 5) is 42.6. The average Bonchev–Trinajstić information content (AvgIpc) is 3.03. The maximum Gasteiger partial charge on any atom is 0.469 e. The molecule has 0 aliphatic carbocycles. The van der Waals surface area contributed by atoms with E-state index >= 15 is 0 Å². The normalized spacial score (nSPS) is 13.0. The third-order valence-corrected chi connectivity index (χ3v) is 8.06. The van der Waals surface area contributed by atoms with E-state index in [0.29, 0.717) is 12.8 Å². The molecular weight excluding hydrogens is 615 g/mol. The molecule has 47 heavy (non-hydrogen) atoms. The van der Waals surface area contributed by atoms with E-state index in [1.807, 2.05) is 0 Å². The smallest absolute Gasteiger partial charge is 0.462 e. The quantitative estimate of drug-likeness (QED) is 0.0304. The van der Waals surface area contributed by atoms with Gasteiger partial charge in [-0.1, -0.05) is 127 Å². The van der Waals surface area contributed by atoms with Gasteiger partial charge in [-0.2, -0.15) is 0 Å². The summed E-state index contributed by atoms with van der Waals surface area (Å²) in [5, 5.41) is 0. The summed E-state index contributed by atoms with van der Waals surface area (Å²) in [5.41, 5.74) is 0. The lowest BCUT2D eigenvalue weighted by atomic mass is 10.1. The standard InChI is InChI=1S/C38H67O8P/c1-3-5-7-9-11-13-15-17-19-21-23-25-27-29-31-33-38(40)46-36(35-45-47(41,42)43)34-44-37(39)32-30-28-26-24-22-20-18-16-14-12-10-8-6-4-2/h10-13,16-19,36H,3-9,14-15,20-35H2,1-2H3,(H2,41,42,43)/b12-10-,13-11-,18-16-,19-17-. The van der Waals surface area contributed by atoms with Crippen LogP contribution in [-0.2, 0) is 28.2 Å². The van der Waals surface area contributed by atoms with Gasteiger partial charge in [-0.25, -0.2) is 4.57 Å². The molecule has 1 atom stereocenters. The fraction of sp³-hybridized carbons (Fsp3) is 0.737. The number of phosphoric ester groups is 1. The lowest BCUT2D eigenvalue weighted by Gasteiger charge is -2.18. The molecule has 0 saturated heterocycles. The molecule has 0 radical (unpaired) electrons. The molecule has 272 valence electrons. The van der Waals surface area contributed by atoms with Crippen molar-refractivity contribution in [3.63, 3.8) is 0 Å². The largest absolute Gasteiger partial charge is 0.469 e. The predicted octanol–water partition coefficient (Wildman–Crippen LogP) is 10.8. The molecule has 0 aromatic heterocycles. The number of unbranched alkanes of at least 4 members (excludes halogenated alkanes) is 15. The van der Waals surface area contributed by atoms with E-state index in [1.54, 1.807) is 0 Å². The SMILES string of the molecule is CCCC/C=C\C/C=C\CCCCCCCC(=O)OCC(COP(=O)(O)O)OC(=O)CCCCCCC/C=C\C/C=C\CCCCC. The van der Waals surface area contributed by atoms with Crippen LogP contribution < -0.4 is 0 Å². The zero-order valence-corrected chi connectivity index (χ0v) is 30.6. The first-order chi connectivity index (χ1) is 22.8. The maximum absolute atomic E-state index is 12.3. The fourth-order valence-corrected chi connectivity index (χ4v) is 5.13. The van der Waals surface area contributed by atoms with Crippen molar-refractivity contribution in [2.45, 2.75) is 168 Å². The number of carbonyl (C=O) groups excluding carboxylic acids is 2. The second kappa shape index (κ2) is 33.9. The summed E-state index contributed by atoms with van der Waals surface area (Å²) in [6.45, 7) is 3.57. The van der Waals surface area contributed by atoms with E-state index < -0.39 is 32.5 Å². The second-order valence-corrected chi connectivity index (χ2v) is 13.4. The molecule has 0 spiro atoms. The van der Waals surface area contributed by atoms with Crippen molar-refractivity contribution in [2.75, 3.05) is 13.2 Å². The summed E-state index contributed by atoms with van der Waals surface area (Å²) >= 11 is 0. The maximum atomic E-state index is 12.3. The number of hydrogen-bond donors (Lipinski definition) is 2. The van der Waals surface area contributed by atoms with Crippen LogP contribution in [0.15, 0.2) is 48.6 Å². The Balaban J connectivity index is 4.04. The molecule has 2 N–H and O–H groups in total. The Morgan fingerprint density at radius 2 is 0.979 bits per heavy atom. The Morgan fingerprint density at radius 3 is 1.47 bits per heavy atom. The summed E-state index contributed by atoms with van der Waals surface area (Å²) in [6, 6.07) is 0. The lowest BCUT2D eigenvalue weighted by Crippen LogP contribution is -2.29. The van der Waals surface area contributed by atoms with Crippen LogP contribution in [0.2, 0.25) is 0 Å². The zero-order valence-electron chi connectivity index (χ0n) is 29.7. The van der Waals surface area contributed by atoms with Crippen molar-refractivity contribution in [1.29, 1.82) is 0 Å². The molecule has 1 unspecified atom stereocenters. The number of carbonyl (C=O) groups is 2. The summed E-state index contributed by atoms with van der Waals surface area (Å²) in [5.74, 6) is -0.921. The number of esters is 2. The van der Waals surface area contributed by atoms with Crippen molar-refractivity contribution in [3.8, 4) is 0 Å². The Kier molecular flexibility index (Phi) is 32.5. The minimum Gasteiger partial charge on any atom is -0.462 e. The van der Waals surface area contributed by atoms with E-state index in [2.05, 4.69) is 67.0 Å². The molecular formula is C38H67O8P. The molecule has 0 aromatic rings. The van der Waals surface area contributed by atoms with Gasteiger partial charge in [-0.15, -0.1) is 0 Å². The van der Waals surface area contributed by atoms with Gasteiger partial charge in [0.2, 0.25) is 0 Å². The first-order valence-corrected chi connectivity index (χ1v) is 20.0. The molecule has 0 rings (SSSR count). The van der Waals surface area contributed by atoms with Crippen molar-refractivity contribution in [1.82, 2.24) is 0 Å². The van der Waals surface area contributed by atoms with Crippen LogP contribution in [0.3, 0.4) is 0 Å². The highest BCUT2D eigenvalue weighted by Crippen LogP contribution is 2.36. The van der Waals surface area contributed by atoms with Crippen LogP contribution in [0.5, 0.6) is 0 Å². The fourth-order valence-electron chi connectivity index (χ4n) is 4.77. The number of ether oxygens (including phenoxy) is 2. The van der Waals surface area contributed by atoms with Gasteiger partial charge in [0, 0.05) is 12.8 Å². The van der Waals surface area contributed by atoms with E-state index in [1.165, 1.54) is 38.5 Å². The minimum atomic E-state index is -4.76. The molecule has 0 amide bonds. The summed E-state index contributed by atoms with van der Waals surface area (Å²) in [7, 11) is -4.76. The van der Waals surface area contributed by atoms with Gasteiger partial charge >= 0.3 is 19.8 Å². The van der Waals surface area contributed by atoms with Gasteiger partial charge in [-0.3, -0.25) is 14.1 Å². The summed E-state index contributed by atoms with van der Waals surface area (Å²) < 4.78 is 26.3. The predicted molar refractivity (Wildman–Crippen MR) is 193 cm³/mol. The van der Waals surface area contributed by atoms with Gasteiger partial charge in [0.05, 0.1) is 6.61 Å². The molecule has 8 nitrogen and oxygen atoms in total. The molecule has 9 heteroatoms. The number of hydrogen-bond acceptors (Lipinski definition) is 6. The molecule has 0 aliphatic rings. The number of phosphoric acid groups is 1. The van der Waals surface area contributed by atoms with Crippen LogP contribution >= 0.6 is 7.82 Å². The Hall–Kier alpha value is -1.99. The van der Waals surface area contributed by atoms with Gasteiger partial charge in [0.25, 0.3) is 0 Å². The minimum absolute atomic E-state index is 0.191. The summed E-state index contributed by atoms with van der Waals surface area (Å²) in [6.07, 6.45) is 39.7. The highest BCUT2D eigenvalue weighted by atomic mass is 31.2. The second-order valence-electron chi connectivity index (χ2n) is 12.2. The van der Waals surface area contributed by atoms with Crippen LogP contribution in [0.1, 0.15) is 162 Å². The van der Waals surface area contributed by atoms with Gasteiger partial charge < -0.3 is 19.3 Å². The van der Waals surface area contributed by atoms with Crippen molar-refractivity contribution in [3.05, 3.63) is 48.6 Å². The molecule has 0 fully saturated rings. The van der Waals surface area contributed by atoms with E-state index in [9.17, 15) is 14.2 Å².